The number of rotatable bonds is 5. The van der Waals surface area contributed by atoms with E-state index in [0.717, 1.165) is 24.9 Å². The van der Waals surface area contributed by atoms with Crippen molar-refractivity contribution in [1.82, 2.24) is 10.6 Å². The van der Waals surface area contributed by atoms with Crippen molar-refractivity contribution in [2.75, 3.05) is 6.54 Å². The topological polar surface area (TPSA) is 41.1 Å². The number of piperidine rings is 1. The maximum absolute atomic E-state index is 13.1. The Morgan fingerprint density at radius 1 is 1.50 bits per heavy atom. The van der Waals surface area contributed by atoms with Crippen LogP contribution < -0.4 is 10.6 Å². The molecular formula is C16H23FN2O. The second-order valence-electron chi connectivity index (χ2n) is 5.53. The van der Waals surface area contributed by atoms with Crippen molar-refractivity contribution < 1.29 is 9.18 Å². The average Bonchev–Trinajstić information content (AvgIpc) is 2.46. The molecule has 110 valence electrons. The molecule has 0 aromatic heterocycles. The standard InChI is InChI=1S/C16H23FN2O/c1-12(13-5-4-6-14(17)11-13)19-16(20)9-8-15-7-2-3-10-18-15/h4-6,11-12,15,18H,2-3,7-10H2,1H3,(H,19,20). The van der Waals surface area contributed by atoms with Gasteiger partial charge >= 0.3 is 0 Å². The van der Waals surface area contributed by atoms with E-state index in [4.69, 9.17) is 0 Å². The third-order valence-corrected chi connectivity index (χ3v) is 3.86. The summed E-state index contributed by atoms with van der Waals surface area (Å²) < 4.78 is 13.1. The van der Waals surface area contributed by atoms with Gasteiger partial charge in [-0.25, -0.2) is 4.39 Å². The number of nitrogens with one attached hydrogen (secondary N) is 2. The molecule has 20 heavy (non-hydrogen) atoms. The van der Waals surface area contributed by atoms with Crippen molar-refractivity contribution in [2.24, 2.45) is 0 Å². The summed E-state index contributed by atoms with van der Waals surface area (Å²) in [5, 5.41) is 6.37. The van der Waals surface area contributed by atoms with Crippen LogP contribution in [0, 0.1) is 5.82 Å². The van der Waals surface area contributed by atoms with Crippen LogP contribution in [0.4, 0.5) is 4.39 Å². The zero-order valence-electron chi connectivity index (χ0n) is 12.0. The summed E-state index contributed by atoms with van der Waals surface area (Å²) in [5.41, 5.74) is 0.800. The third-order valence-electron chi connectivity index (χ3n) is 3.86. The lowest BCUT2D eigenvalue weighted by Gasteiger charge is -2.23. The van der Waals surface area contributed by atoms with Crippen LogP contribution in [-0.4, -0.2) is 18.5 Å². The predicted octanol–water partition coefficient (Wildman–Crippen LogP) is 2.93. The highest BCUT2D eigenvalue weighted by Gasteiger charge is 2.15. The van der Waals surface area contributed by atoms with Gasteiger partial charge in [-0.15, -0.1) is 0 Å². The fourth-order valence-electron chi connectivity index (χ4n) is 2.65. The first-order valence-corrected chi connectivity index (χ1v) is 7.43. The summed E-state index contributed by atoms with van der Waals surface area (Å²) in [4.78, 5) is 11.9. The highest BCUT2D eigenvalue weighted by atomic mass is 19.1. The molecule has 0 spiro atoms. The molecule has 1 heterocycles. The van der Waals surface area contributed by atoms with Gasteiger partial charge in [0.1, 0.15) is 5.82 Å². The summed E-state index contributed by atoms with van der Waals surface area (Å²) in [7, 11) is 0. The van der Waals surface area contributed by atoms with Crippen molar-refractivity contribution in [1.29, 1.82) is 0 Å². The Morgan fingerprint density at radius 3 is 3.05 bits per heavy atom. The number of hydrogen-bond donors (Lipinski definition) is 2. The number of carbonyl (C=O) groups is 1. The molecule has 1 aliphatic rings. The molecule has 1 aliphatic heterocycles. The quantitative estimate of drug-likeness (QED) is 0.869. The Labute approximate surface area is 120 Å². The summed E-state index contributed by atoms with van der Waals surface area (Å²) in [6.07, 6.45) is 5.05. The van der Waals surface area contributed by atoms with E-state index in [-0.39, 0.29) is 17.8 Å². The second-order valence-corrected chi connectivity index (χ2v) is 5.53. The lowest BCUT2D eigenvalue weighted by molar-refractivity contribution is -0.122. The molecule has 0 radical (unpaired) electrons. The molecule has 1 aromatic rings. The molecule has 0 saturated carbocycles. The van der Waals surface area contributed by atoms with Crippen molar-refractivity contribution in [3.05, 3.63) is 35.6 Å². The molecule has 3 nitrogen and oxygen atoms in total. The highest BCUT2D eigenvalue weighted by Crippen LogP contribution is 2.15. The van der Waals surface area contributed by atoms with Crippen molar-refractivity contribution in [2.45, 2.75) is 51.1 Å². The molecule has 1 amide bonds. The van der Waals surface area contributed by atoms with Gasteiger partial charge in [0.05, 0.1) is 6.04 Å². The molecule has 1 aromatic carbocycles. The molecule has 0 aliphatic carbocycles. The van der Waals surface area contributed by atoms with E-state index >= 15 is 0 Å². The molecule has 1 fully saturated rings. The van der Waals surface area contributed by atoms with Crippen molar-refractivity contribution >= 4 is 5.91 Å². The van der Waals surface area contributed by atoms with Gasteiger partial charge in [0.25, 0.3) is 0 Å². The Hall–Kier alpha value is -1.42. The average molecular weight is 278 g/mol. The summed E-state index contributed by atoms with van der Waals surface area (Å²) in [5.74, 6) is -0.232. The SMILES string of the molecule is CC(NC(=O)CCC1CCCCN1)c1cccc(F)c1. The van der Waals surface area contributed by atoms with E-state index in [1.807, 2.05) is 13.0 Å². The van der Waals surface area contributed by atoms with Gasteiger partial charge in [-0.05, 0) is 50.4 Å². The van der Waals surface area contributed by atoms with Crippen LogP contribution in [0.25, 0.3) is 0 Å². The fraction of sp³-hybridized carbons (Fsp3) is 0.562. The van der Waals surface area contributed by atoms with E-state index in [9.17, 15) is 9.18 Å². The van der Waals surface area contributed by atoms with E-state index in [0.29, 0.717) is 12.5 Å². The minimum absolute atomic E-state index is 0.0362. The molecule has 2 rings (SSSR count). The largest absolute Gasteiger partial charge is 0.350 e. The van der Waals surface area contributed by atoms with E-state index in [1.54, 1.807) is 6.07 Å². The smallest absolute Gasteiger partial charge is 0.220 e. The van der Waals surface area contributed by atoms with Gasteiger partial charge in [-0.3, -0.25) is 4.79 Å². The maximum Gasteiger partial charge on any atom is 0.220 e. The second kappa shape index (κ2) is 7.39. The molecule has 2 N–H and O–H groups in total. The molecule has 4 heteroatoms. The Bertz CT molecular complexity index is 444. The van der Waals surface area contributed by atoms with Gasteiger partial charge in [0.2, 0.25) is 5.91 Å². The van der Waals surface area contributed by atoms with Gasteiger partial charge in [-0.2, -0.15) is 0 Å². The van der Waals surface area contributed by atoms with Gasteiger partial charge < -0.3 is 10.6 Å². The number of hydrogen-bond acceptors (Lipinski definition) is 2. The number of amides is 1. The first-order valence-electron chi connectivity index (χ1n) is 7.43. The number of benzene rings is 1. The third kappa shape index (κ3) is 4.60. The Kier molecular flexibility index (Phi) is 5.53. The van der Waals surface area contributed by atoms with Crippen LogP contribution >= 0.6 is 0 Å². The first-order chi connectivity index (χ1) is 9.65. The minimum atomic E-state index is -0.269. The van der Waals surface area contributed by atoms with Crippen LogP contribution in [0.2, 0.25) is 0 Å². The first kappa shape index (κ1) is 15.0. The minimum Gasteiger partial charge on any atom is -0.350 e. The lowest BCUT2D eigenvalue weighted by atomic mass is 10.0. The van der Waals surface area contributed by atoms with Gasteiger partial charge in [0.15, 0.2) is 0 Å². The summed E-state index contributed by atoms with van der Waals surface area (Å²) >= 11 is 0. The zero-order chi connectivity index (χ0) is 14.4. The van der Waals surface area contributed by atoms with Gasteiger partial charge in [0, 0.05) is 12.5 Å². The molecular weight excluding hydrogens is 255 g/mol. The lowest BCUT2D eigenvalue weighted by Crippen LogP contribution is -2.35. The van der Waals surface area contributed by atoms with E-state index in [1.165, 1.54) is 25.0 Å². The molecule has 2 unspecified atom stereocenters. The molecule has 2 atom stereocenters. The number of carbonyl (C=O) groups excluding carboxylic acids is 1. The van der Waals surface area contributed by atoms with Crippen LogP contribution in [0.5, 0.6) is 0 Å². The molecule has 1 saturated heterocycles. The number of halogens is 1. The van der Waals surface area contributed by atoms with Crippen LogP contribution in [0.3, 0.4) is 0 Å². The van der Waals surface area contributed by atoms with Crippen molar-refractivity contribution in [3.63, 3.8) is 0 Å². The Morgan fingerprint density at radius 2 is 2.35 bits per heavy atom. The van der Waals surface area contributed by atoms with Crippen LogP contribution in [0.15, 0.2) is 24.3 Å². The maximum atomic E-state index is 13.1. The highest BCUT2D eigenvalue weighted by molar-refractivity contribution is 5.76. The van der Waals surface area contributed by atoms with E-state index < -0.39 is 0 Å². The predicted molar refractivity (Wildman–Crippen MR) is 77.8 cm³/mol. The van der Waals surface area contributed by atoms with Crippen LogP contribution in [-0.2, 0) is 4.79 Å². The van der Waals surface area contributed by atoms with Gasteiger partial charge in [-0.1, -0.05) is 18.6 Å². The van der Waals surface area contributed by atoms with Crippen LogP contribution in [0.1, 0.15) is 50.6 Å². The fourth-order valence-corrected chi connectivity index (χ4v) is 2.65. The summed E-state index contributed by atoms with van der Waals surface area (Å²) in [6, 6.07) is 6.69. The molecule has 0 bridgehead atoms. The summed E-state index contributed by atoms with van der Waals surface area (Å²) in [6.45, 7) is 2.94. The zero-order valence-corrected chi connectivity index (χ0v) is 12.0. The monoisotopic (exact) mass is 278 g/mol. The normalized spacial score (nSPS) is 20.4. The van der Waals surface area contributed by atoms with Crippen molar-refractivity contribution in [3.8, 4) is 0 Å². The Balaban J connectivity index is 1.76. The van der Waals surface area contributed by atoms with E-state index in [2.05, 4.69) is 10.6 Å².